The molecule has 2 atom stereocenters. The lowest BCUT2D eigenvalue weighted by Gasteiger charge is -2.61. The fraction of sp³-hybridized carbons (Fsp3) is 0.341. The van der Waals surface area contributed by atoms with Gasteiger partial charge in [0.15, 0.2) is 8.07 Å². The van der Waals surface area contributed by atoms with Gasteiger partial charge in [0.25, 0.3) is 6.71 Å². The van der Waals surface area contributed by atoms with E-state index >= 15 is 0 Å². The Bertz CT molecular complexity index is 3910. The molecule has 0 bridgehead atoms. The number of fused-ring (bicyclic) bond motifs is 7. The smallest absolute Gasteiger partial charge is 0.252 e. The highest BCUT2D eigenvalue weighted by Gasteiger charge is 2.66. The molecule has 9 aromatic rings. The van der Waals surface area contributed by atoms with Crippen LogP contribution in [0, 0.1) is 10.8 Å². The standard InChI is InChI=1S/C82H92BN3Si/c1-75(2,3)55-30-28-32-59(46-55)84-70-48-57(77(7,8)9)40-43-67(70)83-68-44-41-58(78(10,11)12)49-71(68)85(60-33-29-31-56(47-60)76(4,5)6)73-51-61(50-72(84)74(73)83)86-69-45-42-65(52-66(69)81(17)53-79(13,14)80(15,16)54-82(81,86)18)87(62-34-22-19-23-35-62,63-36-24-20-25-37-63)64-38-26-21-27-39-64/h19-52H,53-54H2,1-18H3. The monoisotopic (exact) mass is 1160 g/mol. The van der Waals surface area contributed by atoms with Gasteiger partial charge in [-0.25, -0.2) is 0 Å². The van der Waals surface area contributed by atoms with Crippen molar-refractivity contribution < 1.29 is 0 Å². The molecular weight excluding hydrogens is 1070 g/mol. The van der Waals surface area contributed by atoms with Gasteiger partial charge < -0.3 is 14.7 Å². The van der Waals surface area contributed by atoms with Crippen LogP contribution in [0.3, 0.4) is 0 Å². The van der Waals surface area contributed by atoms with E-state index in [1.165, 1.54) is 110 Å². The second-order valence-electron chi connectivity index (χ2n) is 32.3. The zero-order chi connectivity index (χ0) is 61.8. The van der Waals surface area contributed by atoms with Crippen LogP contribution in [0.5, 0.6) is 0 Å². The van der Waals surface area contributed by atoms with Gasteiger partial charge in [0.1, 0.15) is 0 Å². The van der Waals surface area contributed by atoms with Crippen molar-refractivity contribution in [2.75, 3.05) is 14.7 Å². The Balaban J connectivity index is 1.17. The molecule has 2 unspecified atom stereocenters. The lowest BCUT2D eigenvalue weighted by Crippen LogP contribution is -2.74. The summed E-state index contributed by atoms with van der Waals surface area (Å²) in [5, 5.41) is 5.62. The largest absolute Gasteiger partial charge is 0.334 e. The number of benzene rings is 9. The van der Waals surface area contributed by atoms with Crippen molar-refractivity contribution in [3.8, 4) is 0 Å². The predicted octanol–water partition coefficient (Wildman–Crippen LogP) is 17.4. The van der Waals surface area contributed by atoms with Crippen molar-refractivity contribution in [3.05, 3.63) is 234 Å². The maximum absolute atomic E-state index is 2.92. The molecule has 13 rings (SSSR count). The van der Waals surface area contributed by atoms with Gasteiger partial charge in [0.05, 0.1) is 5.54 Å². The van der Waals surface area contributed by atoms with Crippen LogP contribution in [-0.2, 0) is 27.1 Å². The first-order valence-corrected chi connectivity index (χ1v) is 34.3. The van der Waals surface area contributed by atoms with Crippen LogP contribution in [0.1, 0.15) is 165 Å². The summed E-state index contributed by atoms with van der Waals surface area (Å²) in [5.41, 5.74) is 19.9. The van der Waals surface area contributed by atoms with E-state index in [1.54, 1.807) is 0 Å². The molecule has 0 saturated heterocycles. The fourth-order valence-electron chi connectivity index (χ4n) is 16.3. The third-order valence-corrected chi connectivity index (χ3v) is 26.7. The summed E-state index contributed by atoms with van der Waals surface area (Å²) >= 11 is 0. The topological polar surface area (TPSA) is 9.72 Å². The lowest BCUT2D eigenvalue weighted by molar-refractivity contribution is -0.0311. The molecule has 4 aliphatic rings. The second kappa shape index (κ2) is 19.8. The van der Waals surface area contributed by atoms with Crippen molar-refractivity contribution in [1.29, 1.82) is 0 Å². The van der Waals surface area contributed by atoms with Crippen LogP contribution < -0.4 is 51.8 Å². The van der Waals surface area contributed by atoms with Gasteiger partial charge in [-0.05, 0) is 172 Å². The minimum absolute atomic E-state index is 0.00195. The third-order valence-electron chi connectivity index (χ3n) is 22.0. The van der Waals surface area contributed by atoms with Crippen LogP contribution in [0.15, 0.2) is 206 Å². The summed E-state index contributed by atoms with van der Waals surface area (Å²) in [6, 6.07) is 81.7. The Hall–Kier alpha value is -7.34. The highest BCUT2D eigenvalue weighted by Crippen LogP contribution is 2.69. The molecule has 3 heterocycles. The van der Waals surface area contributed by atoms with Gasteiger partial charge in [-0.15, -0.1) is 0 Å². The van der Waals surface area contributed by atoms with Gasteiger partial charge in [-0.2, -0.15) is 0 Å². The predicted molar refractivity (Wildman–Crippen MR) is 380 cm³/mol. The van der Waals surface area contributed by atoms with Gasteiger partial charge in [-0.1, -0.05) is 269 Å². The number of hydrogen-bond acceptors (Lipinski definition) is 3. The maximum atomic E-state index is 2.89. The first-order chi connectivity index (χ1) is 40.9. The van der Waals surface area contributed by atoms with E-state index in [2.05, 4.69) is 346 Å². The highest BCUT2D eigenvalue weighted by atomic mass is 28.3. The maximum Gasteiger partial charge on any atom is 0.252 e. The molecule has 0 radical (unpaired) electrons. The van der Waals surface area contributed by atoms with Crippen LogP contribution in [0.25, 0.3) is 0 Å². The first kappa shape index (κ1) is 58.7. The number of nitrogens with zero attached hydrogens (tertiary/aromatic N) is 3. The molecule has 1 fully saturated rings. The number of rotatable bonds is 7. The van der Waals surface area contributed by atoms with Crippen molar-refractivity contribution in [2.45, 2.75) is 170 Å². The van der Waals surface area contributed by atoms with E-state index in [-0.39, 0.29) is 50.2 Å². The van der Waals surface area contributed by atoms with E-state index in [0.717, 1.165) is 12.8 Å². The summed E-state index contributed by atoms with van der Waals surface area (Å²) in [5.74, 6) is 0. The Morgan fingerprint density at radius 1 is 0.345 bits per heavy atom. The zero-order valence-electron chi connectivity index (χ0n) is 55.5. The highest BCUT2D eigenvalue weighted by molar-refractivity contribution is 7.20. The van der Waals surface area contributed by atoms with Crippen LogP contribution in [0.4, 0.5) is 45.5 Å². The summed E-state index contributed by atoms with van der Waals surface area (Å²) in [6.45, 7) is 43.8. The van der Waals surface area contributed by atoms with E-state index in [1.807, 2.05) is 0 Å². The van der Waals surface area contributed by atoms with Gasteiger partial charge in [-0.3, -0.25) is 0 Å². The minimum Gasteiger partial charge on any atom is -0.334 e. The van der Waals surface area contributed by atoms with Crippen LogP contribution in [0.2, 0.25) is 0 Å². The van der Waals surface area contributed by atoms with E-state index in [4.69, 9.17) is 0 Å². The average Bonchev–Trinajstić information content (AvgIpc) is 1.61. The summed E-state index contributed by atoms with van der Waals surface area (Å²) < 4.78 is 0. The van der Waals surface area contributed by atoms with Crippen molar-refractivity contribution in [2.24, 2.45) is 10.8 Å². The molecule has 1 saturated carbocycles. The second-order valence-corrected chi connectivity index (χ2v) is 36.1. The molecule has 0 aromatic heterocycles. The Labute approximate surface area is 524 Å². The summed E-state index contributed by atoms with van der Waals surface area (Å²) in [4.78, 5) is 8.26. The molecule has 0 spiro atoms. The molecule has 442 valence electrons. The molecule has 0 N–H and O–H groups in total. The van der Waals surface area contributed by atoms with Crippen molar-refractivity contribution >= 4 is 97.4 Å². The summed E-state index contributed by atoms with van der Waals surface area (Å²) in [7, 11) is -2.92. The normalized spacial score (nSPS) is 19.5. The third kappa shape index (κ3) is 9.08. The molecule has 3 aliphatic heterocycles. The van der Waals surface area contributed by atoms with Crippen molar-refractivity contribution in [1.82, 2.24) is 0 Å². The zero-order valence-corrected chi connectivity index (χ0v) is 56.5. The van der Waals surface area contributed by atoms with Crippen molar-refractivity contribution in [3.63, 3.8) is 0 Å². The van der Waals surface area contributed by atoms with Gasteiger partial charge >= 0.3 is 0 Å². The lowest BCUT2D eigenvalue weighted by atomic mass is 9.33. The van der Waals surface area contributed by atoms with E-state index in [0.29, 0.717) is 0 Å². The molecule has 9 aromatic carbocycles. The molecule has 87 heavy (non-hydrogen) atoms. The fourth-order valence-corrected chi connectivity index (χ4v) is 21.1. The van der Waals surface area contributed by atoms with Gasteiger partial charge in [0, 0.05) is 50.9 Å². The Morgan fingerprint density at radius 3 is 1.16 bits per heavy atom. The molecule has 0 amide bonds. The molecular formula is C82H92BN3Si. The molecule has 1 aliphatic carbocycles. The van der Waals surface area contributed by atoms with E-state index < -0.39 is 8.07 Å². The number of hydrogen-bond donors (Lipinski definition) is 0. The van der Waals surface area contributed by atoms with Crippen LogP contribution >= 0.6 is 0 Å². The summed E-state index contributed by atoms with van der Waals surface area (Å²) in [6.07, 6.45) is 2.04. The number of anilines is 8. The molecule has 5 heteroatoms. The first-order valence-electron chi connectivity index (χ1n) is 32.3. The minimum atomic E-state index is -2.92. The molecule has 3 nitrogen and oxygen atoms in total. The Kier molecular flexibility index (Phi) is 13.4. The van der Waals surface area contributed by atoms with Gasteiger partial charge in [0.2, 0.25) is 0 Å². The Morgan fingerprint density at radius 2 is 0.747 bits per heavy atom. The average molecular weight is 1160 g/mol. The SMILES string of the molecule is CC(C)(C)c1cccc(N2c3cc(C(C)(C)C)ccc3B3c4ccc(C(C)(C)C)cc4N(c4cccc(C(C)(C)C)c4)c4cc(N5c6ccc([Si](c7ccccc7)(c7ccccc7)c7ccccc7)cc6C6(C)CC(C)(C)C(C)(C)CC56C)cc2c43)c1. The van der Waals surface area contributed by atoms with Crippen LogP contribution in [-0.4, -0.2) is 20.3 Å². The quantitative estimate of drug-likeness (QED) is 0.116. The van der Waals surface area contributed by atoms with E-state index in [9.17, 15) is 0 Å².